The normalized spacial score (nSPS) is 14.2. The zero-order chi connectivity index (χ0) is 9.80. The Morgan fingerprint density at radius 1 is 1.08 bits per heavy atom. The van der Waals surface area contributed by atoms with Crippen LogP contribution in [0.3, 0.4) is 0 Å². The average molecular weight is 175 g/mol. The molecule has 0 N–H and O–H groups in total. The van der Waals surface area contributed by atoms with Crippen LogP contribution < -0.4 is 0 Å². The highest BCUT2D eigenvalue weighted by atomic mass is 14.8. The molecule has 1 aliphatic carbocycles. The number of aromatic nitrogens is 1. The van der Waals surface area contributed by atoms with Gasteiger partial charge in [-0.25, -0.2) is 0 Å². The van der Waals surface area contributed by atoms with Crippen molar-refractivity contribution >= 4 is 0 Å². The summed E-state index contributed by atoms with van der Waals surface area (Å²) in [6, 6.07) is 0. The summed E-state index contributed by atoms with van der Waals surface area (Å²) in [7, 11) is 0. The van der Waals surface area contributed by atoms with Gasteiger partial charge in [0.1, 0.15) is 0 Å². The van der Waals surface area contributed by atoms with Gasteiger partial charge >= 0.3 is 0 Å². The Hall–Kier alpha value is -0.850. The molecular formula is C12H17N. The minimum atomic E-state index is 0.207. The van der Waals surface area contributed by atoms with Crippen molar-refractivity contribution in [3.63, 3.8) is 0 Å². The van der Waals surface area contributed by atoms with Crippen LogP contribution in [-0.4, -0.2) is 4.98 Å². The topological polar surface area (TPSA) is 12.9 Å². The smallest absolute Gasteiger partial charge is 0.0498 e. The number of pyridine rings is 1. The molecule has 1 heterocycles. The number of hydrogen-bond donors (Lipinski definition) is 0. The lowest BCUT2D eigenvalue weighted by Crippen LogP contribution is -2.14. The lowest BCUT2D eigenvalue weighted by atomic mass is 9.90. The van der Waals surface area contributed by atoms with Gasteiger partial charge in [-0.1, -0.05) is 20.8 Å². The lowest BCUT2D eigenvalue weighted by Gasteiger charge is -2.18. The van der Waals surface area contributed by atoms with Crippen molar-refractivity contribution in [2.45, 2.75) is 46.5 Å². The molecule has 1 heteroatoms. The molecule has 2 rings (SSSR count). The van der Waals surface area contributed by atoms with Crippen LogP contribution in [0.5, 0.6) is 0 Å². The van der Waals surface area contributed by atoms with E-state index >= 15 is 0 Å². The highest BCUT2D eigenvalue weighted by Crippen LogP contribution is 2.39. The Bertz CT molecular complexity index is 366. The SMILES string of the molecule is Cc1nc(C(C)(C)C)c2c(c1C)C2. The number of rotatable bonds is 0. The first-order valence-corrected chi connectivity index (χ1v) is 4.90. The summed E-state index contributed by atoms with van der Waals surface area (Å²) >= 11 is 0. The van der Waals surface area contributed by atoms with Crippen LogP contribution in [0.2, 0.25) is 0 Å². The molecule has 1 aromatic heterocycles. The van der Waals surface area contributed by atoms with Gasteiger partial charge < -0.3 is 0 Å². The van der Waals surface area contributed by atoms with Crippen molar-refractivity contribution < 1.29 is 0 Å². The fraction of sp³-hybridized carbons (Fsp3) is 0.583. The minimum absolute atomic E-state index is 0.207. The summed E-state index contributed by atoms with van der Waals surface area (Å²) in [5.41, 5.74) is 7.20. The molecule has 1 aromatic rings. The molecule has 1 nitrogen and oxygen atoms in total. The number of fused-ring (bicyclic) bond motifs is 1. The van der Waals surface area contributed by atoms with Gasteiger partial charge in [0.05, 0.1) is 0 Å². The van der Waals surface area contributed by atoms with Crippen molar-refractivity contribution in [1.29, 1.82) is 0 Å². The van der Waals surface area contributed by atoms with Crippen molar-refractivity contribution in [2.24, 2.45) is 0 Å². The van der Waals surface area contributed by atoms with Gasteiger partial charge in [-0.2, -0.15) is 0 Å². The summed E-state index contributed by atoms with van der Waals surface area (Å²) in [5.74, 6) is 0. The molecule has 0 aromatic carbocycles. The van der Waals surface area contributed by atoms with E-state index in [2.05, 4.69) is 34.6 Å². The molecule has 1 aliphatic rings. The zero-order valence-corrected chi connectivity index (χ0v) is 9.15. The maximum Gasteiger partial charge on any atom is 0.0498 e. The second-order valence-electron chi connectivity index (χ2n) is 5.05. The van der Waals surface area contributed by atoms with Gasteiger partial charge in [0, 0.05) is 23.2 Å². The fourth-order valence-corrected chi connectivity index (χ4v) is 1.88. The Kier molecular flexibility index (Phi) is 1.57. The maximum absolute atomic E-state index is 4.70. The molecule has 13 heavy (non-hydrogen) atoms. The van der Waals surface area contributed by atoms with Crippen molar-refractivity contribution in [1.82, 2.24) is 4.98 Å². The van der Waals surface area contributed by atoms with E-state index in [4.69, 9.17) is 4.98 Å². The second-order valence-corrected chi connectivity index (χ2v) is 5.05. The molecule has 0 unspecified atom stereocenters. The zero-order valence-electron chi connectivity index (χ0n) is 9.15. The van der Waals surface area contributed by atoms with Gasteiger partial charge in [0.2, 0.25) is 0 Å². The second kappa shape index (κ2) is 2.34. The number of nitrogens with zero attached hydrogens (tertiary/aromatic N) is 1. The fourth-order valence-electron chi connectivity index (χ4n) is 1.88. The molecule has 0 fully saturated rings. The van der Waals surface area contributed by atoms with Crippen LogP contribution in [0, 0.1) is 13.8 Å². The van der Waals surface area contributed by atoms with E-state index in [1.165, 1.54) is 28.9 Å². The molecule has 0 radical (unpaired) electrons. The largest absolute Gasteiger partial charge is 0.257 e. The van der Waals surface area contributed by atoms with Crippen molar-refractivity contribution in [2.75, 3.05) is 0 Å². The summed E-state index contributed by atoms with van der Waals surface area (Å²) < 4.78 is 0. The van der Waals surface area contributed by atoms with Gasteiger partial charge in [-0.3, -0.25) is 4.98 Å². The van der Waals surface area contributed by atoms with E-state index in [1.54, 1.807) is 5.56 Å². The van der Waals surface area contributed by atoms with E-state index in [0.717, 1.165) is 0 Å². The van der Waals surface area contributed by atoms with E-state index in [-0.39, 0.29) is 5.41 Å². The molecule has 70 valence electrons. The number of hydrogen-bond acceptors (Lipinski definition) is 1. The Morgan fingerprint density at radius 3 is 2.23 bits per heavy atom. The molecule has 0 saturated carbocycles. The third kappa shape index (κ3) is 1.27. The molecule has 0 atom stereocenters. The number of aryl methyl sites for hydroxylation is 1. The van der Waals surface area contributed by atoms with Gasteiger partial charge in [-0.05, 0) is 30.5 Å². The summed E-state index contributed by atoms with van der Waals surface area (Å²) in [5, 5.41) is 0. The molecule has 0 saturated heterocycles. The molecular weight excluding hydrogens is 158 g/mol. The van der Waals surface area contributed by atoms with Crippen molar-refractivity contribution in [3.8, 4) is 0 Å². The van der Waals surface area contributed by atoms with E-state index in [0.29, 0.717) is 0 Å². The van der Waals surface area contributed by atoms with Crippen molar-refractivity contribution in [3.05, 3.63) is 28.1 Å². The van der Waals surface area contributed by atoms with Crippen LogP contribution in [0.1, 0.15) is 48.8 Å². The highest BCUT2D eigenvalue weighted by molar-refractivity contribution is 5.55. The van der Waals surface area contributed by atoms with E-state index < -0.39 is 0 Å². The van der Waals surface area contributed by atoms with Gasteiger partial charge in [0.25, 0.3) is 0 Å². The molecule has 0 aliphatic heterocycles. The Balaban J connectivity index is 2.59. The predicted molar refractivity (Wildman–Crippen MR) is 55.2 cm³/mol. The monoisotopic (exact) mass is 175 g/mol. The summed E-state index contributed by atoms with van der Waals surface area (Å²) in [4.78, 5) is 4.70. The summed E-state index contributed by atoms with van der Waals surface area (Å²) in [6.07, 6.45) is 1.18. The molecule has 0 amide bonds. The van der Waals surface area contributed by atoms with Crippen LogP contribution in [0.25, 0.3) is 0 Å². The van der Waals surface area contributed by atoms with E-state index in [9.17, 15) is 0 Å². The van der Waals surface area contributed by atoms with Gasteiger partial charge in [0.15, 0.2) is 0 Å². The lowest BCUT2D eigenvalue weighted by molar-refractivity contribution is 0.566. The first-order valence-electron chi connectivity index (χ1n) is 4.90. The van der Waals surface area contributed by atoms with Crippen LogP contribution in [-0.2, 0) is 11.8 Å². The third-order valence-electron chi connectivity index (χ3n) is 2.86. The Labute approximate surface area is 80.2 Å². The molecule has 0 bridgehead atoms. The van der Waals surface area contributed by atoms with Crippen LogP contribution in [0.4, 0.5) is 0 Å². The average Bonchev–Trinajstić information content (AvgIpc) is 2.73. The first-order chi connectivity index (χ1) is 5.91. The quantitative estimate of drug-likeness (QED) is 0.600. The van der Waals surface area contributed by atoms with Crippen LogP contribution >= 0.6 is 0 Å². The standard InChI is InChI=1S/C12H17N/c1-7-8(2)13-11(12(3,4)5)10-6-9(7)10/h6H2,1-5H3. The minimum Gasteiger partial charge on any atom is -0.257 e. The highest BCUT2D eigenvalue weighted by Gasteiger charge is 2.31. The Morgan fingerprint density at radius 2 is 1.69 bits per heavy atom. The van der Waals surface area contributed by atoms with E-state index in [1.807, 2.05) is 0 Å². The predicted octanol–water partition coefficient (Wildman–Crippen LogP) is 2.90. The first kappa shape index (κ1) is 8.74. The summed E-state index contributed by atoms with van der Waals surface area (Å²) in [6.45, 7) is 11.0. The third-order valence-corrected chi connectivity index (χ3v) is 2.86. The van der Waals surface area contributed by atoms with Crippen LogP contribution in [0.15, 0.2) is 0 Å². The molecule has 0 spiro atoms. The maximum atomic E-state index is 4.70. The van der Waals surface area contributed by atoms with Gasteiger partial charge in [-0.15, -0.1) is 0 Å².